The molecule has 0 aromatic heterocycles. The highest BCUT2D eigenvalue weighted by atomic mass is 127. The first kappa shape index (κ1) is 4.80. The second-order valence-corrected chi connectivity index (χ2v) is 1.88. The van der Waals surface area contributed by atoms with Gasteiger partial charge in [-0.2, -0.15) is 0 Å². The van der Waals surface area contributed by atoms with Crippen LogP contribution >= 0.6 is 23.0 Å². The van der Waals surface area contributed by atoms with E-state index in [1.54, 1.807) is 0 Å². The zero-order valence-electron chi connectivity index (χ0n) is 3.28. The summed E-state index contributed by atoms with van der Waals surface area (Å²) in [6.45, 7) is 2.06. The summed E-state index contributed by atoms with van der Waals surface area (Å²) in [5.41, 5.74) is 0. The highest BCUT2D eigenvalue weighted by Gasteiger charge is 2.14. The van der Waals surface area contributed by atoms with E-state index in [9.17, 15) is 0 Å². The molecule has 0 radical (unpaired) electrons. The van der Waals surface area contributed by atoms with Crippen molar-refractivity contribution in [1.29, 1.82) is 0 Å². The van der Waals surface area contributed by atoms with Gasteiger partial charge in [-0.25, -0.2) is 0 Å². The molecular formula is C3H6INO. The predicted octanol–water partition coefficient (Wildman–Crippen LogP) is 0.325. The van der Waals surface area contributed by atoms with Crippen LogP contribution in [0.5, 0.6) is 0 Å². The average molecular weight is 199 g/mol. The lowest BCUT2D eigenvalue weighted by molar-refractivity contribution is 0.201. The Balaban J connectivity index is 2.01. The Labute approximate surface area is 50.9 Å². The highest BCUT2D eigenvalue weighted by Crippen LogP contribution is 2.01. The molecule has 2 nitrogen and oxygen atoms in total. The molecule has 1 fully saturated rings. The summed E-state index contributed by atoms with van der Waals surface area (Å²) in [5.74, 6) is 0. The molecule has 36 valence electrons. The largest absolute Gasteiger partial charge is 0.311 e. The summed E-state index contributed by atoms with van der Waals surface area (Å²) in [5, 5.41) is 3.08. The Kier molecular flexibility index (Phi) is 1.67. The third-order valence-electron chi connectivity index (χ3n) is 0.870. The second kappa shape index (κ2) is 2.09. The van der Waals surface area contributed by atoms with E-state index < -0.39 is 0 Å². The monoisotopic (exact) mass is 199 g/mol. The standard InChI is InChI=1S/C3H6INO/c4-6-3-1-5-2-3/h3,5H,1-2H2. The molecule has 1 heterocycles. The minimum absolute atomic E-state index is 0.491. The summed E-state index contributed by atoms with van der Waals surface area (Å²) >= 11 is 1.92. The van der Waals surface area contributed by atoms with Gasteiger partial charge in [-0.05, 0) is 0 Å². The normalized spacial score (nSPS) is 23.5. The number of nitrogens with one attached hydrogen (secondary N) is 1. The first-order chi connectivity index (χ1) is 2.93. The van der Waals surface area contributed by atoms with E-state index in [0.29, 0.717) is 6.10 Å². The van der Waals surface area contributed by atoms with Crippen LogP contribution in [0.1, 0.15) is 0 Å². The van der Waals surface area contributed by atoms with Gasteiger partial charge in [0.1, 0.15) is 23.0 Å². The van der Waals surface area contributed by atoms with E-state index in [0.717, 1.165) is 13.1 Å². The van der Waals surface area contributed by atoms with Gasteiger partial charge in [0, 0.05) is 13.1 Å². The number of hydrogen-bond acceptors (Lipinski definition) is 2. The average Bonchev–Trinajstić information content (AvgIpc) is 1.31. The minimum atomic E-state index is 0.491. The zero-order chi connectivity index (χ0) is 4.41. The Bertz CT molecular complexity index is 43.3. The molecule has 1 aliphatic heterocycles. The lowest BCUT2D eigenvalue weighted by Crippen LogP contribution is -2.46. The van der Waals surface area contributed by atoms with Gasteiger partial charge in [0.15, 0.2) is 0 Å². The zero-order valence-corrected chi connectivity index (χ0v) is 5.44. The molecule has 0 amide bonds. The Morgan fingerprint density at radius 1 is 1.67 bits per heavy atom. The minimum Gasteiger partial charge on any atom is -0.311 e. The van der Waals surface area contributed by atoms with Gasteiger partial charge in [-0.3, -0.25) is 0 Å². The maximum absolute atomic E-state index is 4.89. The van der Waals surface area contributed by atoms with Crippen molar-refractivity contribution < 1.29 is 3.07 Å². The highest BCUT2D eigenvalue weighted by molar-refractivity contribution is 14.1. The molecule has 1 rings (SSSR count). The van der Waals surface area contributed by atoms with Crippen molar-refractivity contribution in [2.75, 3.05) is 13.1 Å². The Hall–Kier alpha value is 0.650. The van der Waals surface area contributed by atoms with Crippen LogP contribution in [0.25, 0.3) is 0 Å². The quantitative estimate of drug-likeness (QED) is 0.614. The molecule has 0 saturated carbocycles. The van der Waals surface area contributed by atoms with Gasteiger partial charge in [-0.15, -0.1) is 0 Å². The van der Waals surface area contributed by atoms with Crippen molar-refractivity contribution in [2.45, 2.75) is 6.10 Å². The van der Waals surface area contributed by atoms with Crippen LogP contribution < -0.4 is 5.32 Å². The molecule has 1 saturated heterocycles. The molecule has 0 aromatic rings. The summed E-state index contributed by atoms with van der Waals surface area (Å²) in [6.07, 6.45) is 0.491. The van der Waals surface area contributed by atoms with Crippen molar-refractivity contribution >= 4 is 23.0 Å². The van der Waals surface area contributed by atoms with Crippen LogP contribution in [-0.2, 0) is 3.07 Å². The summed E-state index contributed by atoms with van der Waals surface area (Å²) in [4.78, 5) is 0. The second-order valence-electron chi connectivity index (χ2n) is 1.37. The summed E-state index contributed by atoms with van der Waals surface area (Å²) < 4.78 is 4.89. The van der Waals surface area contributed by atoms with Gasteiger partial charge >= 0.3 is 0 Å². The topological polar surface area (TPSA) is 21.3 Å². The smallest absolute Gasteiger partial charge is 0.110 e. The maximum Gasteiger partial charge on any atom is 0.110 e. The van der Waals surface area contributed by atoms with Crippen molar-refractivity contribution in [3.63, 3.8) is 0 Å². The molecule has 1 aliphatic rings. The van der Waals surface area contributed by atoms with Crippen molar-refractivity contribution in [3.05, 3.63) is 0 Å². The number of rotatable bonds is 1. The van der Waals surface area contributed by atoms with Crippen LogP contribution in [0.15, 0.2) is 0 Å². The Morgan fingerprint density at radius 2 is 2.33 bits per heavy atom. The fourth-order valence-corrected chi connectivity index (χ4v) is 0.685. The van der Waals surface area contributed by atoms with Crippen LogP contribution in [0.2, 0.25) is 0 Å². The molecule has 0 unspecified atom stereocenters. The van der Waals surface area contributed by atoms with Crippen LogP contribution in [0.3, 0.4) is 0 Å². The summed E-state index contributed by atoms with van der Waals surface area (Å²) in [7, 11) is 0. The van der Waals surface area contributed by atoms with E-state index in [1.165, 1.54) is 0 Å². The molecular weight excluding hydrogens is 193 g/mol. The summed E-state index contributed by atoms with van der Waals surface area (Å²) in [6, 6.07) is 0. The lowest BCUT2D eigenvalue weighted by Gasteiger charge is -2.23. The predicted molar refractivity (Wildman–Crippen MR) is 31.8 cm³/mol. The fraction of sp³-hybridized carbons (Fsp3) is 1.00. The van der Waals surface area contributed by atoms with Crippen molar-refractivity contribution in [1.82, 2.24) is 5.32 Å². The van der Waals surface area contributed by atoms with Crippen molar-refractivity contribution in [2.24, 2.45) is 0 Å². The van der Waals surface area contributed by atoms with Gasteiger partial charge in [0.2, 0.25) is 0 Å². The van der Waals surface area contributed by atoms with Gasteiger partial charge in [0.05, 0.1) is 6.10 Å². The van der Waals surface area contributed by atoms with E-state index in [4.69, 9.17) is 3.07 Å². The molecule has 0 bridgehead atoms. The molecule has 1 N–H and O–H groups in total. The first-order valence-corrected chi connectivity index (χ1v) is 2.79. The van der Waals surface area contributed by atoms with Gasteiger partial charge in [-0.1, -0.05) is 0 Å². The van der Waals surface area contributed by atoms with E-state index in [2.05, 4.69) is 5.32 Å². The molecule has 0 aromatic carbocycles. The maximum atomic E-state index is 4.89. The third kappa shape index (κ3) is 0.828. The van der Waals surface area contributed by atoms with Crippen LogP contribution in [0.4, 0.5) is 0 Å². The molecule has 6 heavy (non-hydrogen) atoms. The molecule has 0 spiro atoms. The molecule has 3 heteroatoms. The lowest BCUT2D eigenvalue weighted by atomic mass is 10.2. The number of hydrogen-bond donors (Lipinski definition) is 1. The van der Waals surface area contributed by atoms with Crippen molar-refractivity contribution in [3.8, 4) is 0 Å². The van der Waals surface area contributed by atoms with Gasteiger partial charge < -0.3 is 8.38 Å². The van der Waals surface area contributed by atoms with E-state index in [-0.39, 0.29) is 0 Å². The molecule has 0 aliphatic carbocycles. The SMILES string of the molecule is IOC1CNC1. The van der Waals surface area contributed by atoms with Crippen LogP contribution in [-0.4, -0.2) is 19.2 Å². The van der Waals surface area contributed by atoms with Crippen LogP contribution in [0, 0.1) is 0 Å². The Morgan fingerprint density at radius 3 is 2.33 bits per heavy atom. The third-order valence-corrected chi connectivity index (χ3v) is 1.59. The van der Waals surface area contributed by atoms with E-state index in [1.807, 2.05) is 23.0 Å². The first-order valence-electron chi connectivity index (χ1n) is 1.91. The van der Waals surface area contributed by atoms with Gasteiger partial charge in [0.25, 0.3) is 0 Å². The number of halogens is 1. The van der Waals surface area contributed by atoms with E-state index >= 15 is 0 Å². The fourth-order valence-electron chi connectivity index (χ4n) is 0.325. The molecule has 0 atom stereocenters.